The average molecular weight is 354 g/mol. The van der Waals surface area contributed by atoms with Crippen molar-refractivity contribution in [1.29, 1.82) is 0 Å². The van der Waals surface area contributed by atoms with Gasteiger partial charge in [0.2, 0.25) is 5.91 Å². The number of nitrogens with one attached hydrogen (secondary N) is 2. The van der Waals surface area contributed by atoms with Crippen LogP contribution in [-0.2, 0) is 17.8 Å². The van der Waals surface area contributed by atoms with Crippen LogP contribution in [0.5, 0.6) is 0 Å². The SMILES string of the molecule is CC12CC3CC(C)(C1)CC(CC(=O)Nc1ncnc4c1CCNC4)(C3)C2. The first-order valence-corrected chi connectivity index (χ1v) is 10.2. The van der Waals surface area contributed by atoms with Crippen molar-refractivity contribution in [2.75, 3.05) is 11.9 Å². The number of anilines is 1. The predicted octanol–water partition coefficient (Wildman–Crippen LogP) is 3.45. The lowest BCUT2D eigenvalue weighted by Crippen LogP contribution is -2.55. The van der Waals surface area contributed by atoms with E-state index < -0.39 is 0 Å². The number of amides is 1. The molecule has 6 rings (SSSR count). The van der Waals surface area contributed by atoms with Crippen LogP contribution in [0.25, 0.3) is 0 Å². The van der Waals surface area contributed by atoms with E-state index in [1.165, 1.54) is 38.5 Å². The standard InChI is InChI=1S/C21H30N4O/c1-19-5-14-6-20(2,10-19)12-21(7-14,11-19)8-17(26)25-18-15-3-4-22-9-16(15)23-13-24-18/h13-14,22H,3-12H2,1-2H3,(H,23,24,25,26). The molecule has 1 aliphatic heterocycles. The van der Waals surface area contributed by atoms with Gasteiger partial charge in [-0.3, -0.25) is 4.79 Å². The van der Waals surface area contributed by atoms with Crippen molar-refractivity contribution < 1.29 is 4.79 Å². The highest BCUT2D eigenvalue weighted by atomic mass is 16.1. The number of fused-ring (bicyclic) bond motifs is 1. The molecule has 1 aromatic rings. The third-order valence-electron chi connectivity index (χ3n) is 7.41. The summed E-state index contributed by atoms with van der Waals surface area (Å²) in [6, 6.07) is 0. The van der Waals surface area contributed by atoms with Crippen molar-refractivity contribution in [3.8, 4) is 0 Å². The van der Waals surface area contributed by atoms with Gasteiger partial charge in [0.05, 0.1) is 5.69 Å². The number of hydrogen-bond donors (Lipinski definition) is 2. The second kappa shape index (κ2) is 5.51. The monoisotopic (exact) mass is 354 g/mol. The van der Waals surface area contributed by atoms with E-state index >= 15 is 0 Å². The van der Waals surface area contributed by atoms with E-state index in [0.717, 1.165) is 42.5 Å². The molecule has 5 nitrogen and oxygen atoms in total. The Morgan fingerprint density at radius 1 is 1.19 bits per heavy atom. The highest BCUT2D eigenvalue weighted by molar-refractivity contribution is 5.91. The molecule has 4 fully saturated rings. The van der Waals surface area contributed by atoms with Crippen molar-refractivity contribution in [2.24, 2.45) is 22.2 Å². The molecule has 4 bridgehead atoms. The average Bonchev–Trinajstić information content (AvgIpc) is 2.51. The second-order valence-corrected chi connectivity index (χ2v) is 10.4. The summed E-state index contributed by atoms with van der Waals surface area (Å²) in [7, 11) is 0. The van der Waals surface area contributed by atoms with Gasteiger partial charge in [0.15, 0.2) is 0 Å². The molecule has 2 N–H and O–H groups in total. The topological polar surface area (TPSA) is 66.9 Å². The molecule has 140 valence electrons. The second-order valence-electron chi connectivity index (χ2n) is 10.4. The van der Waals surface area contributed by atoms with Gasteiger partial charge in [-0.15, -0.1) is 0 Å². The molecule has 0 radical (unpaired) electrons. The minimum absolute atomic E-state index is 0.151. The zero-order valence-electron chi connectivity index (χ0n) is 16.0. The van der Waals surface area contributed by atoms with Crippen LogP contribution in [0.2, 0.25) is 0 Å². The zero-order valence-corrected chi connectivity index (χ0v) is 16.0. The van der Waals surface area contributed by atoms with Gasteiger partial charge < -0.3 is 10.6 Å². The summed E-state index contributed by atoms with van der Waals surface area (Å²) in [4.78, 5) is 21.7. The first-order valence-electron chi connectivity index (χ1n) is 10.2. The summed E-state index contributed by atoms with van der Waals surface area (Å²) in [5.41, 5.74) is 3.25. The fourth-order valence-corrected chi connectivity index (χ4v) is 7.79. The molecule has 5 heteroatoms. The molecule has 1 aromatic heterocycles. The molecule has 2 unspecified atom stereocenters. The quantitative estimate of drug-likeness (QED) is 0.872. The third-order valence-corrected chi connectivity index (χ3v) is 7.41. The van der Waals surface area contributed by atoms with Crippen molar-refractivity contribution >= 4 is 11.7 Å². The van der Waals surface area contributed by atoms with E-state index in [1.54, 1.807) is 6.33 Å². The Labute approximate surface area is 155 Å². The molecule has 2 atom stereocenters. The van der Waals surface area contributed by atoms with Crippen molar-refractivity contribution in [3.05, 3.63) is 17.6 Å². The Bertz CT molecular complexity index is 742. The lowest BCUT2D eigenvalue weighted by molar-refractivity contribution is -0.153. The normalized spacial score (nSPS) is 40.3. The summed E-state index contributed by atoms with van der Waals surface area (Å²) >= 11 is 0. The lowest BCUT2D eigenvalue weighted by atomic mass is 9.40. The smallest absolute Gasteiger partial charge is 0.226 e. The maximum Gasteiger partial charge on any atom is 0.226 e. The fraction of sp³-hybridized carbons (Fsp3) is 0.762. The van der Waals surface area contributed by atoms with Crippen molar-refractivity contribution in [2.45, 2.75) is 71.8 Å². The van der Waals surface area contributed by atoms with Crippen LogP contribution in [0.1, 0.15) is 70.1 Å². The summed E-state index contributed by atoms with van der Waals surface area (Å²) in [6.07, 6.45) is 10.9. The van der Waals surface area contributed by atoms with E-state index in [4.69, 9.17) is 0 Å². The molecular formula is C21H30N4O. The fourth-order valence-electron chi connectivity index (χ4n) is 7.79. The number of hydrogen-bond acceptors (Lipinski definition) is 4. The van der Waals surface area contributed by atoms with Crippen LogP contribution in [0.4, 0.5) is 5.82 Å². The van der Waals surface area contributed by atoms with Gasteiger partial charge in [0, 0.05) is 18.5 Å². The van der Waals surface area contributed by atoms with Crippen LogP contribution in [0.15, 0.2) is 6.33 Å². The number of carbonyl (C=O) groups excluding carboxylic acids is 1. The van der Waals surface area contributed by atoms with Crippen LogP contribution in [0.3, 0.4) is 0 Å². The maximum absolute atomic E-state index is 13.0. The number of rotatable bonds is 3. The summed E-state index contributed by atoms with van der Waals surface area (Å²) in [6.45, 7) is 6.63. The van der Waals surface area contributed by atoms with Crippen molar-refractivity contribution in [1.82, 2.24) is 15.3 Å². The van der Waals surface area contributed by atoms with Crippen LogP contribution >= 0.6 is 0 Å². The highest BCUT2D eigenvalue weighted by Crippen LogP contribution is 2.70. The Balaban J connectivity index is 1.35. The first kappa shape index (κ1) is 16.7. The van der Waals surface area contributed by atoms with E-state index in [1.807, 2.05) is 0 Å². The van der Waals surface area contributed by atoms with Gasteiger partial charge in [-0.05, 0) is 73.7 Å². The minimum atomic E-state index is 0.151. The maximum atomic E-state index is 13.0. The van der Waals surface area contributed by atoms with Gasteiger partial charge in [-0.2, -0.15) is 0 Å². The molecule has 5 aliphatic rings. The molecule has 0 spiro atoms. The Morgan fingerprint density at radius 2 is 1.96 bits per heavy atom. The van der Waals surface area contributed by atoms with Gasteiger partial charge >= 0.3 is 0 Å². The van der Waals surface area contributed by atoms with Crippen LogP contribution in [0, 0.1) is 22.2 Å². The molecule has 0 aromatic carbocycles. The van der Waals surface area contributed by atoms with E-state index in [-0.39, 0.29) is 11.3 Å². The predicted molar refractivity (Wildman–Crippen MR) is 101 cm³/mol. The number of carbonyl (C=O) groups is 1. The molecule has 0 saturated heterocycles. The van der Waals surface area contributed by atoms with Crippen LogP contribution < -0.4 is 10.6 Å². The third kappa shape index (κ3) is 2.75. The molecule has 26 heavy (non-hydrogen) atoms. The molecule has 4 aliphatic carbocycles. The number of aromatic nitrogens is 2. The Kier molecular flexibility index (Phi) is 3.53. The van der Waals surface area contributed by atoms with Crippen molar-refractivity contribution in [3.63, 3.8) is 0 Å². The van der Waals surface area contributed by atoms with Gasteiger partial charge in [0.1, 0.15) is 12.1 Å². The number of nitrogens with zero attached hydrogens (tertiary/aromatic N) is 2. The van der Waals surface area contributed by atoms with E-state index in [2.05, 4.69) is 34.4 Å². The molecule has 4 saturated carbocycles. The van der Waals surface area contributed by atoms with Gasteiger partial charge in [-0.25, -0.2) is 9.97 Å². The summed E-state index contributed by atoms with van der Waals surface area (Å²) in [5.74, 6) is 1.72. The van der Waals surface area contributed by atoms with Gasteiger partial charge in [0.25, 0.3) is 0 Å². The van der Waals surface area contributed by atoms with Crippen LogP contribution in [-0.4, -0.2) is 22.4 Å². The highest BCUT2D eigenvalue weighted by Gasteiger charge is 2.60. The first-order chi connectivity index (χ1) is 12.4. The Morgan fingerprint density at radius 3 is 2.69 bits per heavy atom. The minimum Gasteiger partial charge on any atom is -0.311 e. The van der Waals surface area contributed by atoms with Gasteiger partial charge in [-0.1, -0.05) is 13.8 Å². The van der Waals surface area contributed by atoms with E-state index in [0.29, 0.717) is 17.3 Å². The molecular weight excluding hydrogens is 324 g/mol. The summed E-state index contributed by atoms with van der Waals surface area (Å²) < 4.78 is 0. The zero-order chi connectivity index (χ0) is 18.0. The summed E-state index contributed by atoms with van der Waals surface area (Å²) in [5, 5.41) is 6.48. The van der Waals surface area contributed by atoms with E-state index in [9.17, 15) is 4.79 Å². The lowest BCUT2D eigenvalue weighted by Gasteiger charge is -2.65. The largest absolute Gasteiger partial charge is 0.311 e. The molecule has 1 amide bonds. The Hall–Kier alpha value is -1.49. The molecule has 2 heterocycles.